The average Bonchev–Trinajstić information content (AvgIpc) is 2.98. The third kappa shape index (κ3) is 3.27. The van der Waals surface area contributed by atoms with Gasteiger partial charge in [0.2, 0.25) is 5.91 Å². The quantitative estimate of drug-likeness (QED) is 0.673. The zero-order chi connectivity index (χ0) is 17.1. The highest BCUT2D eigenvalue weighted by Crippen LogP contribution is 2.18. The van der Waals surface area contributed by atoms with Gasteiger partial charge in [0.25, 0.3) is 0 Å². The van der Waals surface area contributed by atoms with Gasteiger partial charge in [-0.1, -0.05) is 12.1 Å². The molecule has 0 unspecified atom stereocenters. The van der Waals surface area contributed by atoms with Crippen LogP contribution in [0.1, 0.15) is 34.5 Å². The van der Waals surface area contributed by atoms with Crippen molar-refractivity contribution < 1.29 is 14.7 Å². The summed E-state index contributed by atoms with van der Waals surface area (Å²) < 4.78 is 0. The third-order valence-electron chi connectivity index (χ3n) is 3.96. The summed E-state index contributed by atoms with van der Waals surface area (Å²) >= 11 is 0. The molecule has 0 aliphatic heterocycles. The van der Waals surface area contributed by atoms with E-state index in [1.165, 1.54) is 12.1 Å². The number of pyridine rings is 1. The minimum atomic E-state index is -0.966. The van der Waals surface area contributed by atoms with Crippen LogP contribution in [0.5, 0.6) is 0 Å². The Morgan fingerprint density at radius 3 is 2.71 bits per heavy atom. The van der Waals surface area contributed by atoms with Crippen molar-refractivity contribution in [3.05, 3.63) is 65.6 Å². The molecule has 3 rings (SSSR count). The number of carboxylic acids is 1. The Morgan fingerprint density at radius 2 is 2.00 bits per heavy atom. The predicted molar refractivity (Wildman–Crippen MR) is 89.8 cm³/mol. The largest absolute Gasteiger partial charge is 0.478 e. The number of carbonyl (C=O) groups excluding carboxylic acids is 1. The summed E-state index contributed by atoms with van der Waals surface area (Å²) in [4.78, 5) is 30.3. The highest BCUT2D eigenvalue weighted by atomic mass is 16.4. The van der Waals surface area contributed by atoms with E-state index in [4.69, 9.17) is 5.11 Å². The first kappa shape index (κ1) is 15.7. The molecule has 0 saturated carbocycles. The molecular weight excluding hydrogens is 306 g/mol. The number of benzene rings is 1. The number of carbonyl (C=O) groups is 2. The first-order valence-corrected chi connectivity index (χ1v) is 7.57. The fourth-order valence-electron chi connectivity index (χ4n) is 2.64. The summed E-state index contributed by atoms with van der Waals surface area (Å²) in [6.07, 6.45) is 5.51. The van der Waals surface area contributed by atoms with Crippen molar-refractivity contribution in [2.24, 2.45) is 0 Å². The number of H-pyrrole nitrogens is 1. The summed E-state index contributed by atoms with van der Waals surface area (Å²) in [7, 11) is 0. The highest BCUT2D eigenvalue weighted by molar-refractivity contribution is 5.89. The molecule has 0 bridgehead atoms. The number of rotatable bonds is 5. The Labute approximate surface area is 138 Å². The van der Waals surface area contributed by atoms with Crippen LogP contribution in [0.4, 0.5) is 0 Å². The van der Waals surface area contributed by atoms with Crippen molar-refractivity contribution >= 4 is 22.8 Å². The maximum Gasteiger partial charge on any atom is 0.335 e. The molecule has 1 aromatic carbocycles. The lowest BCUT2D eigenvalue weighted by atomic mass is 10.1. The number of aromatic amines is 1. The van der Waals surface area contributed by atoms with E-state index in [2.05, 4.69) is 15.3 Å². The average molecular weight is 323 g/mol. The lowest BCUT2D eigenvalue weighted by Gasteiger charge is -2.14. The van der Waals surface area contributed by atoms with E-state index in [-0.39, 0.29) is 23.9 Å². The summed E-state index contributed by atoms with van der Waals surface area (Å²) in [5, 5.41) is 12.8. The van der Waals surface area contributed by atoms with Crippen LogP contribution in [0.2, 0.25) is 0 Å². The van der Waals surface area contributed by atoms with Crippen LogP contribution in [0.25, 0.3) is 10.9 Å². The number of hydrogen-bond donors (Lipinski definition) is 3. The Bertz CT molecular complexity index is 884. The first-order valence-electron chi connectivity index (χ1n) is 7.57. The van der Waals surface area contributed by atoms with Crippen LogP contribution in [-0.2, 0) is 11.2 Å². The zero-order valence-corrected chi connectivity index (χ0v) is 13.1. The molecule has 2 aromatic heterocycles. The zero-order valence-electron chi connectivity index (χ0n) is 13.1. The van der Waals surface area contributed by atoms with Crippen LogP contribution >= 0.6 is 0 Å². The fraction of sp³-hybridized carbons (Fsp3) is 0.167. The normalized spacial score (nSPS) is 12.0. The van der Waals surface area contributed by atoms with Crippen LogP contribution in [0, 0.1) is 0 Å². The lowest BCUT2D eigenvalue weighted by Crippen LogP contribution is -2.28. The van der Waals surface area contributed by atoms with Crippen molar-refractivity contribution in [2.45, 2.75) is 19.4 Å². The number of amides is 1. The van der Waals surface area contributed by atoms with E-state index in [9.17, 15) is 9.59 Å². The molecule has 24 heavy (non-hydrogen) atoms. The SMILES string of the molecule is C[C@H](NC(=O)Cc1c[nH]c2cnccc12)c1ccc(C(=O)O)cc1. The molecule has 0 aliphatic rings. The van der Waals surface area contributed by atoms with E-state index >= 15 is 0 Å². The topological polar surface area (TPSA) is 95.1 Å². The Hall–Kier alpha value is -3.15. The lowest BCUT2D eigenvalue weighted by molar-refractivity contribution is -0.121. The monoisotopic (exact) mass is 323 g/mol. The smallest absolute Gasteiger partial charge is 0.335 e. The van der Waals surface area contributed by atoms with Crippen LogP contribution in [0.15, 0.2) is 48.9 Å². The van der Waals surface area contributed by atoms with Gasteiger partial charge in [-0.2, -0.15) is 0 Å². The van der Waals surface area contributed by atoms with Crippen molar-refractivity contribution in [3.8, 4) is 0 Å². The van der Waals surface area contributed by atoms with Gasteiger partial charge in [-0.3, -0.25) is 9.78 Å². The highest BCUT2D eigenvalue weighted by Gasteiger charge is 2.13. The van der Waals surface area contributed by atoms with Crippen LogP contribution in [-0.4, -0.2) is 27.0 Å². The van der Waals surface area contributed by atoms with Crippen molar-refractivity contribution in [3.63, 3.8) is 0 Å². The van der Waals surface area contributed by atoms with Gasteiger partial charge in [0.15, 0.2) is 0 Å². The maximum absolute atomic E-state index is 12.3. The van der Waals surface area contributed by atoms with Crippen molar-refractivity contribution in [2.75, 3.05) is 0 Å². The Kier molecular flexibility index (Phi) is 4.29. The van der Waals surface area contributed by atoms with Crippen molar-refractivity contribution in [1.29, 1.82) is 0 Å². The van der Waals surface area contributed by atoms with Crippen molar-refractivity contribution in [1.82, 2.24) is 15.3 Å². The first-order chi connectivity index (χ1) is 11.5. The fourth-order valence-corrected chi connectivity index (χ4v) is 2.64. The van der Waals surface area contributed by atoms with Gasteiger partial charge < -0.3 is 15.4 Å². The minimum absolute atomic E-state index is 0.0949. The van der Waals surface area contributed by atoms with Gasteiger partial charge in [-0.25, -0.2) is 4.79 Å². The van der Waals surface area contributed by atoms with E-state index in [0.717, 1.165) is 22.0 Å². The summed E-state index contributed by atoms with van der Waals surface area (Å²) in [5.74, 6) is -1.06. The second-order valence-electron chi connectivity index (χ2n) is 5.63. The maximum atomic E-state index is 12.3. The number of nitrogens with zero attached hydrogens (tertiary/aromatic N) is 1. The van der Waals surface area contributed by atoms with Gasteiger partial charge in [-0.15, -0.1) is 0 Å². The molecule has 0 saturated heterocycles. The summed E-state index contributed by atoms with van der Waals surface area (Å²) in [6, 6.07) is 8.17. The number of carboxylic acid groups (broad SMARTS) is 1. The van der Waals surface area contributed by atoms with Gasteiger partial charge in [-0.05, 0) is 36.2 Å². The van der Waals surface area contributed by atoms with Crippen LogP contribution in [0.3, 0.4) is 0 Å². The second kappa shape index (κ2) is 6.54. The van der Waals surface area contributed by atoms with E-state index in [0.29, 0.717) is 0 Å². The molecule has 1 amide bonds. The molecule has 3 N–H and O–H groups in total. The number of hydrogen-bond acceptors (Lipinski definition) is 3. The van der Waals surface area contributed by atoms with E-state index in [1.807, 2.05) is 19.2 Å². The molecule has 0 aliphatic carbocycles. The molecule has 3 aromatic rings. The summed E-state index contributed by atoms with van der Waals surface area (Å²) in [6.45, 7) is 1.87. The van der Waals surface area contributed by atoms with E-state index < -0.39 is 5.97 Å². The standard InChI is InChI=1S/C18H17N3O3/c1-11(12-2-4-13(5-3-12)18(23)24)21-17(22)8-14-9-20-16-10-19-7-6-15(14)16/h2-7,9-11,20H,8H2,1H3,(H,21,22)(H,23,24)/t11-/m0/s1. The number of aromatic nitrogens is 2. The minimum Gasteiger partial charge on any atom is -0.478 e. The molecule has 0 spiro atoms. The molecule has 6 heteroatoms. The molecule has 0 radical (unpaired) electrons. The molecular formula is C18H17N3O3. The molecule has 0 fully saturated rings. The number of aromatic carboxylic acids is 1. The second-order valence-corrected chi connectivity index (χ2v) is 5.63. The van der Waals surface area contributed by atoms with E-state index in [1.54, 1.807) is 24.5 Å². The molecule has 6 nitrogen and oxygen atoms in total. The van der Waals surface area contributed by atoms with Gasteiger partial charge in [0.1, 0.15) is 0 Å². The summed E-state index contributed by atoms with van der Waals surface area (Å²) in [5.41, 5.74) is 2.90. The Balaban J connectivity index is 1.66. The number of nitrogens with one attached hydrogen (secondary N) is 2. The predicted octanol–water partition coefficient (Wildman–Crippen LogP) is 2.68. The molecule has 1 atom stereocenters. The molecule has 122 valence electrons. The molecule has 2 heterocycles. The third-order valence-corrected chi connectivity index (χ3v) is 3.96. The van der Waals surface area contributed by atoms with Gasteiger partial charge in [0, 0.05) is 17.8 Å². The van der Waals surface area contributed by atoms with Gasteiger partial charge in [0.05, 0.1) is 29.7 Å². The van der Waals surface area contributed by atoms with Gasteiger partial charge >= 0.3 is 5.97 Å². The number of fused-ring (bicyclic) bond motifs is 1. The van der Waals surface area contributed by atoms with Crippen LogP contribution < -0.4 is 5.32 Å². The Morgan fingerprint density at radius 1 is 1.25 bits per heavy atom.